The van der Waals surface area contributed by atoms with Crippen molar-refractivity contribution in [2.75, 3.05) is 4.72 Å². The van der Waals surface area contributed by atoms with Gasteiger partial charge in [0.05, 0.1) is 11.3 Å². The molecule has 8 heteroatoms. The first-order valence-corrected chi connectivity index (χ1v) is 9.80. The van der Waals surface area contributed by atoms with E-state index in [0.717, 1.165) is 22.5 Å². The summed E-state index contributed by atoms with van der Waals surface area (Å²) in [5.41, 5.74) is 3.35. The van der Waals surface area contributed by atoms with Crippen LogP contribution in [0.4, 0.5) is 5.00 Å². The van der Waals surface area contributed by atoms with E-state index < -0.39 is 16.0 Å². The maximum Gasteiger partial charge on any atom is 0.357 e. The molecular weight excluding hydrogens is 360 g/mol. The van der Waals surface area contributed by atoms with Crippen molar-refractivity contribution in [3.05, 3.63) is 71.4 Å². The third kappa shape index (κ3) is 4.04. The number of rotatable bonds is 6. The molecule has 0 spiro atoms. The van der Waals surface area contributed by atoms with E-state index in [1.807, 2.05) is 42.5 Å². The standard InChI is InChI=1S/C17H14N2O4S2/c20-17(21)15-16(24-11-18-15)19-25(22,23)10-13-8-4-5-9-14(13)12-6-2-1-3-7-12/h1-9,11,19H,10H2,(H,20,21). The summed E-state index contributed by atoms with van der Waals surface area (Å²) in [7, 11) is -3.79. The Morgan fingerprint density at radius 1 is 1.08 bits per heavy atom. The Hall–Kier alpha value is -2.71. The van der Waals surface area contributed by atoms with Gasteiger partial charge in [-0.2, -0.15) is 0 Å². The molecule has 0 saturated heterocycles. The zero-order valence-corrected chi connectivity index (χ0v) is 14.5. The minimum atomic E-state index is -3.79. The second kappa shape index (κ2) is 7.04. The Bertz CT molecular complexity index is 998. The van der Waals surface area contributed by atoms with Crippen molar-refractivity contribution in [1.29, 1.82) is 0 Å². The van der Waals surface area contributed by atoms with Crippen molar-refractivity contribution in [1.82, 2.24) is 4.98 Å². The fourth-order valence-corrected chi connectivity index (χ4v) is 4.60. The third-order valence-electron chi connectivity index (χ3n) is 3.47. The lowest BCUT2D eigenvalue weighted by Gasteiger charge is -2.11. The molecule has 0 amide bonds. The second-order valence-corrected chi connectivity index (χ2v) is 7.80. The zero-order valence-electron chi connectivity index (χ0n) is 12.9. The Kier molecular flexibility index (Phi) is 4.82. The van der Waals surface area contributed by atoms with E-state index in [0.29, 0.717) is 5.56 Å². The number of thiazole rings is 1. The Morgan fingerprint density at radius 3 is 2.48 bits per heavy atom. The minimum Gasteiger partial charge on any atom is -0.476 e. The van der Waals surface area contributed by atoms with Crippen LogP contribution < -0.4 is 4.72 Å². The lowest BCUT2D eigenvalue weighted by Crippen LogP contribution is -2.16. The van der Waals surface area contributed by atoms with E-state index in [1.165, 1.54) is 5.51 Å². The molecule has 0 unspecified atom stereocenters. The van der Waals surface area contributed by atoms with E-state index >= 15 is 0 Å². The highest BCUT2D eigenvalue weighted by Crippen LogP contribution is 2.27. The van der Waals surface area contributed by atoms with Gasteiger partial charge < -0.3 is 5.11 Å². The van der Waals surface area contributed by atoms with Gasteiger partial charge in [-0.25, -0.2) is 18.2 Å². The van der Waals surface area contributed by atoms with E-state index in [2.05, 4.69) is 9.71 Å². The monoisotopic (exact) mass is 374 g/mol. The fraction of sp³-hybridized carbons (Fsp3) is 0.0588. The third-order valence-corrected chi connectivity index (χ3v) is 5.54. The van der Waals surface area contributed by atoms with Crippen LogP contribution in [0.3, 0.4) is 0 Å². The summed E-state index contributed by atoms with van der Waals surface area (Å²) >= 11 is 0.934. The second-order valence-electron chi connectivity index (χ2n) is 5.22. The quantitative estimate of drug-likeness (QED) is 0.689. The summed E-state index contributed by atoms with van der Waals surface area (Å²) in [6, 6.07) is 16.7. The number of sulfonamides is 1. The molecule has 0 fully saturated rings. The topological polar surface area (TPSA) is 96.4 Å². The molecule has 25 heavy (non-hydrogen) atoms. The van der Waals surface area contributed by atoms with Crippen molar-refractivity contribution in [3.63, 3.8) is 0 Å². The van der Waals surface area contributed by atoms with E-state index in [9.17, 15) is 13.2 Å². The number of aromatic nitrogens is 1. The maximum atomic E-state index is 12.5. The molecule has 2 N–H and O–H groups in total. The Labute approximate surface area is 148 Å². The van der Waals surface area contributed by atoms with Gasteiger partial charge in [0.2, 0.25) is 10.0 Å². The number of aromatic carboxylic acids is 1. The Morgan fingerprint density at radius 2 is 1.76 bits per heavy atom. The molecule has 6 nitrogen and oxygen atoms in total. The number of nitrogens with one attached hydrogen (secondary N) is 1. The summed E-state index contributed by atoms with van der Waals surface area (Å²) < 4.78 is 27.3. The van der Waals surface area contributed by atoms with Crippen LogP contribution in [0.2, 0.25) is 0 Å². The van der Waals surface area contributed by atoms with Gasteiger partial charge >= 0.3 is 5.97 Å². The molecule has 0 aliphatic carbocycles. The van der Waals surface area contributed by atoms with Crippen LogP contribution in [0, 0.1) is 0 Å². The molecule has 0 aliphatic rings. The number of anilines is 1. The minimum absolute atomic E-state index is 0.00434. The lowest BCUT2D eigenvalue weighted by molar-refractivity contribution is 0.0692. The van der Waals surface area contributed by atoms with Crippen LogP contribution in [0.1, 0.15) is 16.1 Å². The number of hydrogen-bond donors (Lipinski definition) is 2. The number of nitrogens with zero attached hydrogens (tertiary/aromatic N) is 1. The van der Waals surface area contributed by atoms with Crippen LogP contribution in [-0.4, -0.2) is 24.5 Å². The summed E-state index contributed by atoms with van der Waals surface area (Å²) in [6.45, 7) is 0. The molecular formula is C17H14N2O4S2. The van der Waals surface area contributed by atoms with Gasteiger partial charge in [-0.05, 0) is 16.7 Å². The van der Waals surface area contributed by atoms with Gasteiger partial charge in [0.15, 0.2) is 5.69 Å². The van der Waals surface area contributed by atoms with Crippen molar-refractivity contribution in [2.45, 2.75) is 5.75 Å². The van der Waals surface area contributed by atoms with Gasteiger partial charge in [-0.3, -0.25) is 4.72 Å². The first-order valence-electron chi connectivity index (χ1n) is 7.27. The highest BCUT2D eigenvalue weighted by molar-refractivity contribution is 7.92. The largest absolute Gasteiger partial charge is 0.476 e. The predicted molar refractivity (Wildman–Crippen MR) is 97.2 cm³/mol. The molecule has 3 rings (SSSR count). The molecule has 0 saturated carbocycles. The fourth-order valence-electron chi connectivity index (χ4n) is 2.40. The van der Waals surface area contributed by atoms with Crippen LogP contribution in [0.15, 0.2) is 60.1 Å². The van der Waals surface area contributed by atoms with Crippen molar-refractivity contribution < 1.29 is 18.3 Å². The number of benzene rings is 2. The molecule has 0 aliphatic heterocycles. The highest BCUT2D eigenvalue weighted by atomic mass is 32.2. The molecule has 1 aromatic heterocycles. The van der Waals surface area contributed by atoms with E-state index in [4.69, 9.17) is 5.11 Å². The maximum absolute atomic E-state index is 12.5. The molecule has 1 heterocycles. The average molecular weight is 374 g/mol. The summed E-state index contributed by atoms with van der Waals surface area (Å²) in [5, 5.41) is 9.05. The molecule has 128 valence electrons. The number of carboxylic acids is 1. The van der Waals surface area contributed by atoms with Gasteiger partial charge in [0, 0.05) is 0 Å². The smallest absolute Gasteiger partial charge is 0.357 e. The summed E-state index contributed by atoms with van der Waals surface area (Å²) in [6.07, 6.45) is 0. The van der Waals surface area contributed by atoms with Crippen molar-refractivity contribution >= 4 is 32.3 Å². The zero-order chi connectivity index (χ0) is 17.9. The SMILES string of the molecule is O=C(O)c1ncsc1NS(=O)(=O)Cc1ccccc1-c1ccccc1. The Balaban J connectivity index is 1.89. The van der Waals surface area contributed by atoms with Gasteiger partial charge in [0.1, 0.15) is 5.00 Å². The number of carboxylic acid groups (broad SMARTS) is 1. The average Bonchev–Trinajstić information content (AvgIpc) is 3.03. The summed E-state index contributed by atoms with van der Waals surface area (Å²) in [5.74, 6) is -1.54. The van der Waals surface area contributed by atoms with Gasteiger partial charge in [0.25, 0.3) is 0 Å². The first-order chi connectivity index (χ1) is 12.0. The molecule has 0 bridgehead atoms. The highest BCUT2D eigenvalue weighted by Gasteiger charge is 2.20. The molecule has 2 aromatic carbocycles. The van der Waals surface area contributed by atoms with Crippen molar-refractivity contribution in [3.8, 4) is 11.1 Å². The summed E-state index contributed by atoms with van der Waals surface area (Å²) in [4.78, 5) is 14.7. The van der Waals surface area contributed by atoms with E-state index in [-0.39, 0.29) is 16.4 Å². The normalized spacial score (nSPS) is 11.2. The van der Waals surface area contributed by atoms with Crippen LogP contribution >= 0.6 is 11.3 Å². The molecule has 0 radical (unpaired) electrons. The van der Waals surface area contributed by atoms with Crippen LogP contribution in [0.25, 0.3) is 11.1 Å². The van der Waals surface area contributed by atoms with Crippen LogP contribution in [0.5, 0.6) is 0 Å². The lowest BCUT2D eigenvalue weighted by atomic mass is 10.0. The number of hydrogen-bond acceptors (Lipinski definition) is 5. The molecule has 0 atom stereocenters. The first kappa shape index (κ1) is 17.1. The number of carbonyl (C=O) groups is 1. The van der Waals surface area contributed by atoms with Gasteiger partial charge in [-0.15, -0.1) is 11.3 Å². The van der Waals surface area contributed by atoms with Crippen LogP contribution in [-0.2, 0) is 15.8 Å². The predicted octanol–water partition coefficient (Wildman–Crippen LogP) is 3.45. The van der Waals surface area contributed by atoms with Crippen molar-refractivity contribution in [2.24, 2.45) is 0 Å². The van der Waals surface area contributed by atoms with E-state index in [1.54, 1.807) is 12.1 Å². The molecule has 3 aromatic rings. The van der Waals surface area contributed by atoms with Gasteiger partial charge in [-0.1, -0.05) is 54.6 Å².